The highest BCUT2D eigenvalue weighted by molar-refractivity contribution is 7.99. The van der Waals surface area contributed by atoms with E-state index < -0.39 is 5.60 Å². The van der Waals surface area contributed by atoms with E-state index in [4.69, 9.17) is 9.47 Å². The third-order valence-corrected chi connectivity index (χ3v) is 2.63. The van der Waals surface area contributed by atoms with E-state index in [9.17, 15) is 9.59 Å². The van der Waals surface area contributed by atoms with Gasteiger partial charge in [0.15, 0.2) is 0 Å². The Labute approximate surface area is 113 Å². The molecule has 0 fully saturated rings. The van der Waals surface area contributed by atoms with E-state index in [1.165, 1.54) is 0 Å². The molecular formula is C13H22O4S. The van der Waals surface area contributed by atoms with Crippen LogP contribution in [0, 0.1) is 0 Å². The van der Waals surface area contributed by atoms with E-state index in [1.54, 1.807) is 18.7 Å². The van der Waals surface area contributed by atoms with Crippen LogP contribution in [0.25, 0.3) is 0 Å². The van der Waals surface area contributed by atoms with Gasteiger partial charge < -0.3 is 9.47 Å². The lowest BCUT2D eigenvalue weighted by Gasteiger charge is -2.19. The molecule has 0 spiro atoms. The van der Waals surface area contributed by atoms with Gasteiger partial charge in [0.2, 0.25) is 0 Å². The van der Waals surface area contributed by atoms with Gasteiger partial charge in [0, 0.05) is 17.1 Å². The first-order valence-corrected chi connectivity index (χ1v) is 7.00. The lowest BCUT2D eigenvalue weighted by Crippen LogP contribution is -2.24. The number of carbonyl (C=O) groups is 2. The van der Waals surface area contributed by atoms with Crippen LogP contribution in [-0.2, 0) is 19.1 Å². The molecule has 0 heterocycles. The van der Waals surface area contributed by atoms with Crippen molar-refractivity contribution < 1.29 is 19.1 Å². The smallest absolute Gasteiger partial charge is 0.333 e. The van der Waals surface area contributed by atoms with Crippen LogP contribution in [-0.4, -0.2) is 35.7 Å². The Balaban J connectivity index is 3.49. The number of hydrogen-bond donors (Lipinski definition) is 0. The van der Waals surface area contributed by atoms with Crippen molar-refractivity contribution in [3.63, 3.8) is 0 Å². The molecule has 0 radical (unpaired) electrons. The summed E-state index contributed by atoms with van der Waals surface area (Å²) in [6.07, 6.45) is 0.371. The Kier molecular flexibility index (Phi) is 7.75. The number of ether oxygens (including phenoxy) is 2. The molecule has 0 N–H and O–H groups in total. The predicted octanol–water partition coefficient (Wildman–Crippen LogP) is 2.57. The first kappa shape index (κ1) is 17.0. The van der Waals surface area contributed by atoms with Crippen LogP contribution < -0.4 is 0 Å². The van der Waals surface area contributed by atoms with Crippen molar-refractivity contribution in [2.45, 2.75) is 39.7 Å². The highest BCUT2D eigenvalue weighted by Gasteiger charge is 2.15. The summed E-state index contributed by atoms with van der Waals surface area (Å²) in [6.45, 7) is 11.0. The summed E-state index contributed by atoms with van der Waals surface area (Å²) in [6, 6.07) is 0. The van der Waals surface area contributed by atoms with Crippen molar-refractivity contribution in [3.8, 4) is 0 Å². The van der Waals surface area contributed by atoms with Gasteiger partial charge in [-0.1, -0.05) is 6.58 Å². The molecule has 0 aromatic rings. The molecule has 0 rings (SSSR count). The Bertz CT molecular complexity index is 305. The van der Waals surface area contributed by atoms with Crippen LogP contribution in [0.4, 0.5) is 0 Å². The molecule has 4 nitrogen and oxygen atoms in total. The number of esters is 2. The minimum atomic E-state index is -0.432. The first-order valence-electron chi connectivity index (χ1n) is 5.84. The van der Waals surface area contributed by atoms with E-state index in [-0.39, 0.29) is 11.9 Å². The van der Waals surface area contributed by atoms with Gasteiger partial charge in [-0.2, -0.15) is 11.8 Å². The van der Waals surface area contributed by atoms with Crippen LogP contribution in [0.15, 0.2) is 12.2 Å². The number of carbonyl (C=O) groups excluding carboxylic acids is 2. The highest BCUT2D eigenvalue weighted by Crippen LogP contribution is 2.10. The van der Waals surface area contributed by atoms with Crippen LogP contribution in [0.2, 0.25) is 0 Å². The zero-order chi connectivity index (χ0) is 14.2. The van der Waals surface area contributed by atoms with Crippen LogP contribution in [0.1, 0.15) is 34.1 Å². The molecule has 0 amide bonds. The third-order valence-electron chi connectivity index (χ3n) is 1.68. The number of hydrogen-bond acceptors (Lipinski definition) is 5. The fraction of sp³-hybridized carbons (Fsp3) is 0.692. The average molecular weight is 274 g/mol. The molecule has 0 saturated carbocycles. The number of rotatable bonds is 7. The lowest BCUT2D eigenvalue weighted by molar-refractivity contribution is -0.154. The molecule has 0 aliphatic heterocycles. The zero-order valence-electron chi connectivity index (χ0n) is 11.6. The molecule has 18 heavy (non-hydrogen) atoms. The first-order chi connectivity index (χ1) is 8.22. The maximum atomic E-state index is 11.4. The Morgan fingerprint density at radius 1 is 1.22 bits per heavy atom. The van der Waals surface area contributed by atoms with Crippen molar-refractivity contribution in [3.05, 3.63) is 12.2 Å². The van der Waals surface area contributed by atoms with E-state index in [1.807, 2.05) is 20.8 Å². The predicted molar refractivity (Wildman–Crippen MR) is 73.6 cm³/mol. The second kappa shape index (κ2) is 8.19. The zero-order valence-corrected chi connectivity index (χ0v) is 12.4. The summed E-state index contributed by atoms with van der Waals surface area (Å²) in [5, 5.41) is 0. The Morgan fingerprint density at radius 2 is 1.83 bits per heavy atom. The quantitative estimate of drug-likeness (QED) is 0.406. The summed E-state index contributed by atoms with van der Waals surface area (Å²) < 4.78 is 10.1. The largest absolute Gasteiger partial charge is 0.461 e. The van der Waals surface area contributed by atoms with Crippen LogP contribution in [0.5, 0.6) is 0 Å². The molecule has 104 valence electrons. The molecule has 0 aliphatic carbocycles. The SMILES string of the molecule is C=C(C)C(=O)OCCSCCC(=O)OC(C)(C)C. The Morgan fingerprint density at radius 3 is 2.33 bits per heavy atom. The maximum Gasteiger partial charge on any atom is 0.333 e. The molecule has 0 aromatic carbocycles. The summed E-state index contributed by atoms with van der Waals surface area (Å²) in [5.74, 6) is 0.762. The summed E-state index contributed by atoms with van der Waals surface area (Å²) >= 11 is 1.55. The highest BCUT2D eigenvalue weighted by atomic mass is 32.2. The van der Waals surface area contributed by atoms with E-state index in [2.05, 4.69) is 6.58 Å². The molecule has 5 heteroatoms. The molecule has 0 saturated heterocycles. The number of thioether (sulfide) groups is 1. The van der Waals surface area contributed by atoms with Crippen molar-refractivity contribution in [2.24, 2.45) is 0 Å². The van der Waals surface area contributed by atoms with Gasteiger partial charge >= 0.3 is 11.9 Å². The van der Waals surface area contributed by atoms with Gasteiger partial charge in [-0.25, -0.2) is 4.79 Å². The monoisotopic (exact) mass is 274 g/mol. The molecular weight excluding hydrogens is 252 g/mol. The standard InChI is InChI=1S/C13H22O4S/c1-10(2)12(15)16-7-9-18-8-6-11(14)17-13(3,4)5/h1,6-9H2,2-5H3. The fourth-order valence-electron chi connectivity index (χ4n) is 0.967. The molecule has 0 atom stereocenters. The molecule has 0 aromatic heterocycles. The normalized spacial score (nSPS) is 10.9. The van der Waals surface area contributed by atoms with Gasteiger partial charge in [-0.3, -0.25) is 4.79 Å². The second-order valence-electron chi connectivity index (χ2n) is 4.87. The summed E-state index contributed by atoms with van der Waals surface area (Å²) in [4.78, 5) is 22.4. The minimum absolute atomic E-state index is 0.200. The van der Waals surface area contributed by atoms with Gasteiger partial charge in [0.1, 0.15) is 12.2 Å². The van der Waals surface area contributed by atoms with Crippen LogP contribution >= 0.6 is 11.8 Å². The van der Waals surface area contributed by atoms with Gasteiger partial charge in [0.05, 0.1) is 6.42 Å². The van der Waals surface area contributed by atoms with Crippen molar-refractivity contribution in [1.82, 2.24) is 0 Å². The van der Waals surface area contributed by atoms with Crippen LogP contribution in [0.3, 0.4) is 0 Å². The van der Waals surface area contributed by atoms with Crippen molar-refractivity contribution >= 4 is 23.7 Å². The fourth-order valence-corrected chi connectivity index (χ4v) is 1.68. The summed E-state index contributed by atoms with van der Waals surface area (Å²) in [5.41, 5.74) is -0.0348. The van der Waals surface area contributed by atoms with Crippen molar-refractivity contribution in [1.29, 1.82) is 0 Å². The minimum Gasteiger partial charge on any atom is -0.461 e. The van der Waals surface area contributed by atoms with E-state index in [0.29, 0.717) is 30.1 Å². The molecule has 0 unspecified atom stereocenters. The summed E-state index contributed by atoms with van der Waals surface area (Å²) in [7, 11) is 0. The van der Waals surface area contributed by atoms with Crippen molar-refractivity contribution in [2.75, 3.05) is 18.1 Å². The van der Waals surface area contributed by atoms with E-state index in [0.717, 1.165) is 0 Å². The topological polar surface area (TPSA) is 52.6 Å². The molecule has 0 bridgehead atoms. The lowest BCUT2D eigenvalue weighted by atomic mass is 10.2. The third kappa shape index (κ3) is 10.2. The maximum absolute atomic E-state index is 11.4. The second-order valence-corrected chi connectivity index (χ2v) is 6.09. The van der Waals surface area contributed by atoms with Gasteiger partial charge in [-0.15, -0.1) is 0 Å². The van der Waals surface area contributed by atoms with Gasteiger partial charge in [-0.05, 0) is 27.7 Å². The van der Waals surface area contributed by atoms with E-state index >= 15 is 0 Å². The Hall–Kier alpha value is -0.970. The average Bonchev–Trinajstić information content (AvgIpc) is 2.19. The van der Waals surface area contributed by atoms with Gasteiger partial charge in [0.25, 0.3) is 0 Å². The molecule has 0 aliphatic rings.